The van der Waals surface area contributed by atoms with Crippen molar-refractivity contribution in [2.75, 3.05) is 0 Å². The highest BCUT2D eigenvalue weighted by molar-refractivity contribution is 5.90. The summed E-state index contributed by atoms with van der Waals surface area (Å²) in [7, 11) is 0. The Morgan fingerprint density at radius 2 is 1.93 bits per heavy atom. The van der Waals surface area contributed by atoms with E-state index in [4.69, 9.17) is 0 Å². The van der Waals surface area contributed by atoms with E-state index in [0.717, 1.165) is 12.8 Å². The van der Waals surface area contributed by atoms with E-state index in [1.54, 1.807) is 0 Å². The zero-order valence-corrected chi connectivity index (χ0v) is 8.92. The number of carbonyl (C=O) groups excluding carboxylic acids is 2. The fourth-order valence-electron chi connectivity index (χ4n) is 2.36. The van der Waals surface area contributed by atoms with Gasteiger partial charge < -0.3 is 10.6 Å². The summed E-state index contributed by atoms with van der Waals surface area (Å²) in [5, 5.41) is 5.72. The van der Waals surface area contributed by atoms with E-state index in [-0.39, 0.29) is 17.9 Å². The summed E-state index contributed by atoms with van der Waals surface area (Å²) in [4.78, 5) is 22.7. The molecule has 1 unspecified atom stereocenters. The van der Waals surface area contributed by atoms with E-state index < -0.39 is 0 Å². The van der Waals surface area contributed by atoms with Crippen LogP contribution < -0.4 is 10.6 Å². The molecule has 0 aromatic heterocycles. The van der Waals surface area contributed by atoms with Gasteiger partial charge in [0.15, 0.2) is 0 Å². The summed E-state index contributed by atoms with van der Waals surface area (Å²) in [6.45, 7) is 0. The van der Waals surface area contributed by atoms with Crippen LogP contribution in [0.1, 0.15) is 44.9 Å². The van der Waals surface area contributed by atoms with Crippen LogP contribution in [-0.4, -0.2) is 23.9 Å². The number of amides is 2. The van der Waals surface area contributed by atoms with Gasteiger partial charge in [-0.1, -0.05) is 19.3 Å². The van der Waals surface area contributed by atoms with Crippen molar-refractivity contribution >= 4 is 11.8 Å². The predicted octanol–water partition coefficient (Wildman–Crippen LogP) is 0.714. The normalized spacial score (nSPS) is 27.5. The molecule has 0 radical (unpaired) electrons. The van der Waals surface area contributed by atoms with Crippen molar-refractivity contribution in [1.82, 2.24) is 10.6 Å². The molecule has 2 rings (SSSR count). The van der Waals surface area contributed by atoms with Gasteiger partial charge in [0.2, 0.25) is 11.8 Å². The third-order valence-corrected chi connectivity index (χ3v) is 3.26. The number of carbonyl (C=O) groups is 2. The average molecular weight is 210 g/mol. The molecular formula is C11H18N2O2. The van der Waals surface area contributed by atoms with Crippen molar-refractivity contribution in [2.24, 2.45) is 0 Å². The fourth-order valence-corrected chi connectivity index (χ4v) is 2.36. The summed E-state index contributed by atoms with van der Waals surface area (Å²) in [6, 6.07) is 0.0585. The first-order valence-electron chi connectivity index (χ1n) is 5.85. The third kappa shape index (κ3) is 2.70. The molecular weight excluding hydrogens is 192 g/mol. The van der Waals surface area contributed by atoms with Crippen molar-refractivity contribution in [3.05, 3.63) is 0 Å². The van der Waals surface area contributed by atoms with Crippen LogP contribution in [-0.2, 0) is 9.59 Å². The van der Waals surface area contributed by atoms with E-state index in [1.165, 1.54) is 19.3 Å². The smallest absolute Gasteiger partial charge is 0.242 e. The lowest BCUT2D eigenvalue weighted by Crippen LogP contribution is -2.46. The molecule has 4 nitrogen and oxygen atoms in total. The fraction of sp³-hybridized carbons (Fsp3) is 0.818. The Bertz CT molecular complexity index is 259. The molecule has 1 saturated carbocycles. The van der Waals surface area contributed by atoms with Crippen molar-refractivity contribution in [3.63, 3.8) is 0 Å². The van der Waals surface area contributed by atoms with E-state index in [1.807, 2.05) is 0 Å². The molecule has 1 heterocycles. The van der Waals surface area contributed by atoms with Gasteiger partial charge in [0.05, 0.1) is 0 Å². The highest BCUT2D eigenvalue weighted by atomic mass is 16.2. The number of hydrogen-bond acceptors (Lipinski definition) is 2. The monoisotopic (exact) mass is 210 g/mol. The number of rotatable bonds is 2. The molecule has 0 aromatic carbocycles. The Morgan fingerprint density at radius 1 is 1.20 bits per heavy atom. The molecule has 2 fully saturated rings. The van der Waals surface area contributed by atoms with Gasteiger partial charge in [-0.25, -0.2) is 0 Å². The zero-order valence-electron chi connectivity index (χ0n) is 8.92. The molecule has 4 heteroatoms. The Labute approximate surface area is 89.8 Å². The van der Waals surface area contributed by atoms with Gasteiger partial charge in [-0.3, -0.25) is 9.59 Å². The lowest BCUT2D eigenvalue weighted by Gasteiger charge is -2.24. The van der Waals surface area contributed by atoms with Crippen molar-refractivity contribution in [3.8, 4) is 0 Å². The van der Waals surface area contributed by atoms with Gasteiger partial charge in [-0.05, 0) is 19.3 Å². The molecule has 1 aliphatic heterocycles. The van der Waals surface area contributed by atoms with Crippen LogP contribution in [0.5, 0.6) is 0 Å². The maximum Gasteiger partial charge on any atom is 0.242 e. The van der Waals surface area contributed by atoms with Crippen molar-refractivity contribution < 1.29 is 9.59 Å². The molecule has 1 saturated heterocycles. The summed E-state index contributed by atoms with van der Waals surface area (Å²) < 4.78 is 0. The minimum absolute atomic E-state index is 0.00112. The van der Waals surface area contributed by atoms with Crippen LogP contribution in [0.4, 0.5) is 0 Å². The van der Waals surface area contributed by atoms with Gasteiger partial charge >= 0.3 is 0 Å². The van der Waals surface area contributed by atoms with Crippen molar-refractivity contribution in [1.29, 1.82) is 0 Å². The molecule has 2 amide bonds. The zero-order chi connectivity index (χ0) is 10.7. The second kappa shape index (κ2) is 4.64. The molecule has 2 N–H and O–H groups in total. The van der Waals surface area contributed by atoms with E-state index in [2.05, 4.69) is 10.6 Å². The van der Waals surface area contributed by atoms with E-state index >= 15 is 0 Å². The minimum atomic E-state index is -0.278. The lowest BCUT2D eigenvalue weighted by molar-refractivity contribution is -0.126. The summed E-state index contributed by atoms with van der Waals surface area (Å²) in [6.07, 6.45) is 7.02. The Balaban J connectivity index is 1.78. The largest absolute Gasteiger partial charge is 0.352 e. The standard InChI is InChI=1S/C11H18N2O2/c14-10-7-6-9(13-10)11(15)12-8-4-2-1-3-5-8/h8-9H,1-7H2,(H,12,15)(H,13,14). The molecule has 0 bridgehead atoms. The number of hydrogen-bond donors (Lipinski definition) is 2. The third-order valence-electron chi connectivity index (χ3n) is 3.26. The molecule has 15 heavy (non-hydrogen) atoms. The average Bonchev–Trinajstić information content (AvgIpc) is 2.66. The lowest BCUT2D eigenvalue weighted by atomic mass is 9.95. The highest BCUT2D eigenvalue weighted by Gasteiger charge is 2.28. The SMILES string of the molecule is O=C1CCC(C(=O)NC2CCCCC2)N1. The minimum Gasteiger partial charge on any atom is -0.352 e. The van der Waals surface area contributed by atoms with Crippen LogP contribution in [0, 0.1) is 0 Å². The van der Waals surface area contributed by atoms with Crippen LogP contribution >= 0.6 is 0 Å². The van der Waals surface area contributed by atoms with Gasteiger partial charge in [0.1, 0.15) is 6.04 Å². The molecule has 1 atom stereocenters. The highest BCUT2D eigenvalue weighted by Crippen LogP contribution is 2.18. The summed E-state index contributed by atoms with van der Waals surface area (Å²) >= 11 is 0. The summed E-state index contributed by atoms with van der Waals surface area (Å²) in [5.41, 5.74) is 0. The maximum absolute atomic E-state index is 11.7. The first kappa shape index (κ1) is 10.5. The quantitative estimate of drug-likeness (QED) is 0.705. The van der Waals surface area contributed by atoms with Gasteiger partial charge in [-0.15, -0.1) is 0 Å². The van der Waals surface area contributed by atoms with Crippen LogP contribution in [0.3, 0.4) is 0 Å². The first-order chi connectivity index (χ1) is 7.25. The Hall–Kier alpha value is -1.06. The second-order valence-electron chi connectivity index (χ2n) is 4.50. The second-order valence-corrected chi connectivity index (χ2v) is 4.50. The molecule has 0 aromatic rings. The molecule has 0 spiro atoms. The number of nitrogens with one attached hydrogen (secondary N) is 2. The molecule has 84 valence electrons. The Kier molecular flexibility index (Phi) is 3.23. The van der Waals surface area contributed by atoms with E-state index in [0.29, 0.717) is 18.9 Å². The van der Waals surface area contributed by atoms with Crippen LogP contribution in [0.25, 0.3) is 0 Å². The molecule has 2 aliphatic rings. The predicted molar refractivity (Wildman–Crippen MR) is 56.2 cm³/mol. The van der Waals surface area contributed by atoms with Crippen molar-refractivity contribution in [2.45, 2.75) is 57.0 Å². The van der Waals surface area contributed by atoms with Gasteiger partial charge in [0, 0.05) is 12.5 Å². The van der Waals surface area contributed by atoms with Crippen LogP contribution in [0.2, 0.25) is 0 Å². The van der Waals surface area contributed by atoms with Crippen LogP contribution in [0.15, 0.2) is 0 Å². The first-order valence-corrected chi connectivity index (χ1v) is 5.85. The maximum atomic E-state index is 11.7. The topological polar surface area (TPSA) is 58.2 Å². The summed E-state index contributed by atoms with van der Waals surface area (Å²) in [5.74, 6) is 0.00606. The van der Waals surface area contributed by atoms with Gasteiger partial charge in [0.25, 0.3) is 0 Å². The van der Waals surface area contributed by atoms with E-state index in [9.17, 15) is 9.59 Å². The molecule has 1 aliphatic carbocycles. The Morgan fingerprint density at radius 3 is 2.53 bits per heavy atom. The van der Waals surface area contributed by atoms with Gasteiger partial charge in [-0.2, -0.15) is 0 Å².